The van der Waals surface area contributed by atoms with Crippen molar-refractivity contribution in [3.63, 3.8) is 0 Å². The molecular weight excluding hydrogens is 212 g/mol. The number of carbonyl (C=O) groups excluding carboxylic acids is 1. The van der Waals surface area contributed by atoms with Crippen molar-refractivity contribution in [2.45, 2.75) is 26.7 Å². The highest BCUT2D eigenvalue weighted by atomic mass is 32.1. The zero-order chi connectivity index (χ0) is 11.1. The minimum atomic E-state index is -0.0234. The van der Waals surface area contributed by atoms with E-state index in [1.165, 1.54) is 11.5 Å². The molecule has 0 aliphatic rings. The van der Waals surface area contributed by atoms with Crippen LogP contribution in [-0.4, -0.2) is 28.4 Å². The summed E-state index contributed by atoms with van der Waals surface area (Å²) in [5, 5.41) is 6.36. The smallest absolute Gasteiger partial charge is 0.239 e. The van der Waals surface area contributed by atoms with Crippen LogP contribution in [0.25, 0.3) is 0 Å². The number of hydrogen-bond donors (Lipinski definition) is 2. The van der Waals surface area contributed by atoms with Crippen molar-refractivity contribution in [3.8, 4) is 0 Å². The highest BCUT2D eigenvalue weighted by Crippen LogP contribution is 2.11. The maximum Gasteiger partial charge on any atom is 0.239 e. The Balaban J connectivity index is 2.34. The number of likely N-dealkylation sites (N-methyl/N-ethyl adjacent to an activating group) is 1. The first-order valence-electron chi connectivity index (χ1n) is 5.09. The number of aryl methyl sites for hydroxylation is 1. The fourth-order valence-corrected chi connectivity index (χ4v) is 1.67. The Morgan fingerprint density at radius 3 is 2.93 bits per heavy atom. The number of nitrogens with one attached hydrogen (secondary N) is 2. The lowest BCUT2D eigenvalue weighted by Crippen LogP contribution is -2.29. The molecule has 0 bridgehead atoms. The van der Waals surface area contributed by atoms with Crippen LogP contribution < -0.4 is 10.6 Å². The molecule has 1 heterocycles. The van der Waals surface area contributed by atoms with Gasteiger partial charge in [0.2, 0.25) is 11.0 Å². The molecule has 0 saturated heterocycles. The van der Waals surface area contributed by atoms with Gasteiger partial charge in [0.1, 0.15) is 5.82 Å². The van der Waals surface area contributed by atoms with E-state index in [0.29, 0.717) is 11.7 Å². The van der Waals surface area contributed by atoms with Crippen molar-refractivity contribution in [2.75, 3.05) is 18.4 Å². The quantitative estimate of drug-likeness (QED) is 0.763. The number of aromatic nitrogens is 2. The standard InChI is InChI=1S/C9H16N4OS/c1-3-5-7-12-9(15-13-7)11-6-8(14)10-4-2/h3-6H2,1-2H3,(H,10,14)(H,11,12,13). The van der Waals surface area contributed by atoms with Gasteiger partial charge in [-0.05, 0) is 13.3 Å². The summed E-state index contributed by atoms with van der Waals surface area (Å²) in [6.07, 6.45) is 1.92. The van der Waals surface area contributed by atoms with Crippen LogP contribution in [-0.2, 0) is 11.2 Å². The molecule has 1 amide bonds. The van der Waals surface area contributed by atoms with Crippen LogP contribution in [0, 0.1) is 0 Å². The van der Waals surface area contributed by atoms with E-state index in [-0.39, 0.29) is 12.5 Å². The average Bonchev–Trinajstić information content (AvgIpc) is 2.64. The first kappa shape index (κ1) is 11.9. The molecule has 1 rings (SSSR count). The second-order valence-electron chi connectivity index (χ2n) is 3.07. The Morgan fingerprint density at radius 1 is 1.47 bits per heavy atom. The summed E-state index contributed by atoms with van der Waals surface area (Å²) in [5.74, 6) is 0.825. The predicted octanol–water partition coefficient (Wildman–Crippen LogP) is 1.04. The van der Waals surface area contributed by atoms with Crippen LogP contribution >= 0.6 is 11.5 Å². The summed E-state index contributed by atoms with van der Waals surface area (Å²) in [4.78, 5) is 15.4. The summed E-state index contributed by atoms with van der Waals surface area (Å²) < 4.78 is 4.17. The molecule has 0 aliphatic heterocycles. The van der Waals surface area contributed by atoms with E-state index in [9.17, 15) is 4.79 Å². The van der Waals surface area contributed by atoms with Gasteiger partial charge in [-0.3, -0.25) is 4.79 Å². The molecule has 6 heteroatoms. The van der Waals surface area contributed by atoms with E-state index < -0.39 is 0 Å². The number of anilines is 1. The molecule has 0 radical (unpaired) electrons. The van der Waals surface area contributed by atoms with Gasteiger partial charge in [0.05, 0.1) is 6.54 Å². The number of hydrogen-bond acceptors (Lipinski definition) is 5. The van der Waals surface area contributed by atoms with Gasteiger partial charge < -0.3 is 10.6 Å². The van der Waals surface area contributed by atoms with E-state index in [2.05, 4.69) is 26.9 Å². The minimum Gasteiger partial charge on any atom is -0.355 e. The van der Waals surface area contributed by atoms with Crippen LogP contribution in [0.4, 0.5) is 5.13 Å². The normalized spacial score (nSPS) is 10.0. The molecule has 0 atom stereocenters. The van der Waals surface area contributed by atoms with Crippen LogP contribution in [0.5, 0.6) is 0 Å². The third-order valence-corrected chi connectivity index (χ3v) is 2.43. The molecule has 2 N–H and O–H groups in total. The maximum absolute atomic E-state index is 11.1. The van der Waals surface area contributed by atoms with Crippen molar-refractivity contribution >= 4 is 22.6 Å². The summed E-state index contributed by atoms with van der Waals surface area (Å²) in [6.45, 7) is 4.89. The molecule has 84 valence electrons. The number of amides is 1. The molecule has 0 aliphatic carbocycles. The molecule has 15 heavy (non-hydrogen) atoms. The molecule has 1 aromatic heterocycles. The van der Waals surface area contributed by atoms with E-state index in [4.69, 9.17) is 0 Å². The van der Waals surface area contributed by atoms with Crippen LogP contribution in [0.1, 0.15) is 26.1 Å². The molecule has 1 aromatic rings. The van der Waals surface area contributed by atoms with Gasteiger partial charge in [-0.15, -0.1) is 0 Å². The SMILES string of the molecule is CCCc1nsc(NCC(=O)NCC)n1. The topological polar surface area (TPSA) is 66.9 Å². The van der Waals surface area contributed by atoms with Gasteiger partial charge in [-0.1, -0.05) is 6.92 Å². The first-order valence-corrected chi connectivity index (χ1v) is 5.86. The average molecular weight is 228 g/mol. The fraction of sp³-hybridized carbons (Fsp3) is 0.667. The van der Waals surface area contributed by atoms with Crippen LogP contribution in [0.15, 0.2) is 0 Å². The Morgan fingerprint density at radius 2 is 2.27 bits per heavy atom. The summed E-state index contributed by atoms with van der Waals surface area (Å²) in [6, 6.07) is 0. The third kappa shape index (κ3) is 4.24. The Bertz CT molecular complexity index is 313. The van der Waals surface area contributed by atoms with Gasteiger partial charge in [0, 0.05) is 24.5 Å². The van der Waals surface area contributed by atoms with Crippen molar-refractivity contribution < 1.29 is 4.79 Å². The second-order valence-corrected chi connectivity index (χ2v) is 3.82. The Hall–Kier alpha value is -1.17. The fourth-order valence-electron chi connectivity index (χ4n) is 1.07. The molecule has 0 unspecified atom stereocenters. The predicted molar refractivity (Wildman–Crippen MR) is 61.1 cm³/mol. The van der Waals surface area contributed by atoms with Gasteiger partial charge in [0.25, 0.3) is 0 Å². The molecule has 0 spiro atoms. The van der Waals surface area contributed by atoms with Crippen LogP contribution in [0.2, 0.25) is 0 Å². The largest absolute Gasteiger partial charge is 0.355 e. The van der Waals surface area contributed by atoms with Crippen molar-refractivity contribution in [3.05, 3.63) is 5.82 Å². The highest BCUT2D eigenvalue weighted by molar-refractivity contribution is 7.09. The maximum atomic E-state index is 11.1. The lowest BCUT2D eigenvalue weighted by molar-refractivity contribution is -0.119. The van der Waals surface area contributed by atoms with Crippen molar-refractivity contribution in [2.24, 2.45) is 0 Å². The molecule has 0 saturated carbocycles. The number of carbonyl (C=O) groups is 1. The Kier molecular flexibility index (Phi) is 5.03. The molecule has 0 aromatic carbocycles. The lowest BCUT2D eigenvalue weighted by atomic mass is 10.3. The Labute approximate surface area is 93.5 Å². The zero-order valence-electron chi connectivity index (χ0n) is 9.04. The summed E-state index contributed by atoms with van der Waals surface area (Å²) in [7, 11) is 0. The van der Waals surface area contributed by atoms with E-state index in [0.717, 1.165) is 18.7 Å². The second kappa shape index (κ2) is 6.34. The van der Waals surface area contributed by atoms with Gasteiger partial charge in [-0.2, -0.15) is 4.37 Å². The third-order valence-electron chi connectivity index (χ3n) is 1.72. The van der Waals surface area contributed by atoms with E-state index in [1.54, 1.807) is 0 Å². The van der Waals surface area contributed by atoms with Crippen LogP contribution in [0.3, 0.4) is 0 Å². The lowest BCUT2D eigenvalue weighted by Gasteiger charge is -2.01. The van der Waals surface area contributed by atoms with E-state index >= 15 is 0 Å². The number of rotatable bonds is 6. The monoisotopic (exact) mass is 228 g/mol. The van der Waals surface area contributed by atoms with Gasteiger partial charge >= 0.3 is 0 Å². The molecular formula is C9H16N4OS. The molecule has 0 fully saturated rings. The first-order chi connectivity index (χ1) is 7.26. The van der Waals surface area contributed by atoms with Crippen molar-refractivity contribution in [1.82, 2.24) is 14.7 Å². The van der Waals surface area contributed by atoms with Gasteiger partial charge in [0.15, 0.2) is 0 Å². The van der Waals surface area contributed by atoms with Crippen molar-refractivity contribution in [1.29, 1.82) is 0 Å². The van der Waals surface area contributed by atoms with Gasteiger partial charge in [-0.25, -0.2) is 4.98 Å². The summed E-state index contributed by atoms with van der Waals surface area (Å²) in [5.41, 5.74) is 0. The number of nitrogens with zero attached hydrogens (tertiary/aromatic N) is 2. The molecule has 5 nitrogen and oxygen atoms in total. The zero-order valence-corrected chi connectivity index (χ0v) is 9.86. The van der Waals surface area contributed by atoms with E-state index in [1.807, 2.05) is 6.92 Å². The highest BCUT2D eigenvalue weighted by Gasteiger charge is 2.04. The summed E-state index contributed by atoms with van der Waals surface area (Å²) >= 11 is 1.30. The minimum absolute atomic E-state index is 0.0234.